The fourth-order valence-electron chi connectivity index (χ4n) is 3.49. The van der Waals surface area contributed by atoms with E-state index in [0.717, 1.165) is 11.8 Å². The molecule has 0 aliphatic heterocycles. The summed E-state index contributed by atoms with van der Waals surface area (Å²) in [4.78, 5) is 4.23. The summed E-state index contributed by atoms with van der Waals surface area (Å²) in [5.74, 6) is 1.46. The van der Waals surface area contributed by atoms with E-state index in [1.807, 2.05) is 12.4 Å². The summed E-state index contributed by atoms with van der Waals surface area (Å²) in [6.07, 6.45) is 9.19. The number of nitrogens with two attached hydrogens (primary N) is 1. The molecule has 2 saturated carbocycles. The summed E-state index contributed by atoms with van der Waals surface area (Å²) in [5, 5.41) is 0. The third kappa shape index (κ3) is 1.18. The first-order chi connectivity index (χ1) is 7.24. The van der Waals surface area contributed by atoms with E-state index in [1.165, 1.54) is 36.8 Å². The molecule has 1 heterocycles. The molecule has 2 N–H and O–H groups in total. The van der Waals surface area contributed by atoms with Gasteiger partial charge in [-0.3, -0.25) is 4.98 Å². The van der Waals surface area contributed by atoms with Crippen LogP contribution in [0.1, 0.15) is 36.8 Å². The van der Waals surface area contributed by atoms with Crippen LogP contribution in [0.5, 0.6) is 0 Å². The Balaban J connectivity index is 1.98. The predicted molar refractivity (Wildman–Crippen MR) is 60.3 cm³/mol. The highest BCUT2D eigenvalue weighted by atomic mass is 14.9. The van der Waals surface area contributed by atoms with E-state index in [-0.39, 0.29) is 5.54 Å². The third-order valence-electron chi connectivity index (χ3n) is 4.39. The number of rotatable bonds is 1. The summed E-state index contributed by atoms with van der Waals surface area (Å²) in [7, 11) is 0. The first-order valence-corrected chi connectivity index (χ1v) is 5.94. The normalized spacial score (nSPS) is 38.5. The van der Waals surface area contributed by atoms with Crippen molar-refractivity contribution in [2.75, 3.05) is 0 Å². The lowest BCUT2D eigenvalue weighted by Gasteiger charge is -2.14. The molecule has 1 aromatic heterocycles. The molecule has 0 aromatic carbocycles. The van der Waals surface area contributed by atoms with Crippen molar-refractivity contribution in [2.24, 2.45) is 17.6 Å². The summed E-state index contributed by atoms with van der Waals surface area (Å²) in [6.45, 7) is 2.15. The fourth-order valence-corrected chi connectivity index (χ4v) is 3.49. The molecule has 0 saturated heterocycles. The highest BCUT2D eigenvalue weighted by Gasteiger charge is 2.63. The van der Waals surface area contributed by atoms with Gasteiger partial charge in [0.15, 0.2) is 0 Å². The van der Waals surface area contributed by atoms with Crippen molar-refractivity contribution < 1.29 is 0 Å². The molecule has 0 bridgehead atoms. The summed E-state index contributed by atoms with van der Waals surface area (Å²) in [6, 6.07) is 2.08. The van der Waals surface area contributed by atoms with Crippen LogP contribution >= 0.6 is 0 Å². The van der Waals surface area contributed by atoms with Crippen LogP contribution < -0.4 is 5.73 Å². The van der Waals surface area contributed by atoms with Crippen LogP contribution in [-0.4, -0.2) is 4.98 Å². The highest BCUT2D eigenvalue weighted by Crippen LogP contribution is 2.62. The highest BCUT2D eigenvalue weighted by molar-refractivity contribution is 5.38. The largest absolute Gasteiger partial charge is 0.321 e. The van der Waals surface area contributed by atoms with E-state index < -0.39 is 0 Å². The van der Waals surface area contributed by atoms with Crippen molar-refractivity contribution in [3.8, 4) is 0 Å². The molecule has 2 heteroatoms. The Morgan fingerprint density at radius 2 is 2.00 bits per heavy atom. The molecular formula is C13H18N2. The van der Waals surface area contributed by atoms with Crippen molar-refractivity contribution in [2.45, 2.75) is 38.1 Å². The molecule has 0 spiro atoms. The van der Waals surface area contributed by atoms with E-state index in [2.05, 4.69) is 18.0 Å². The average molecular weight is 202 g/mol. The topological polar surface area (TPSA) is 38.9 Å². The summed E-state index contributed by atoms with van der Waals surface area (Å²) in [5.41, 5.74) is 9.15. The minimum atomic E-state index is -0.0329. The maximum Gasteiger partial charge on any atom is 0.0491 e. The lowest BCUT2D eigenvalue weighted by Crippen LogP contribution is -2.25. The zero-order valence-corrected chi connectivity index (χ0v) is 9.24. The van der Waals surface area contributed by atoms with Crippen molar-refractivity contribution >= 4 is 0 Å². The van der Waals surface area contributed by atoms with Gasteiger partial charge in [-0.05, 0) is 48.8 Å². The number of aryl methyl sites for hydroxylation is 1. The number of hydrogen-bond donors (Lipinski definition) is 1. The van der Waals surface area contributed by atoms with E-state index in [1.54, 1.807) is 0 Å². The van der Waals surface area contributed by atoms with Crippen LogP contribution in [0.25, 0.3) is 0 Å². The van der Waals surface area contributed by atoms with Gasteiger partial charge >= 0.3 is 0 Å². The van der Waals surface area contributed by atoms with Gasteiger partial charge in [0.05, 0.1) is 0 Å². The van der Waals surface area contributed by atoms with Crippen molar-refractivity contribution in [3.63, 3.8) is 0 Å². The number of pyridine rings is 1. The zero-order valence-electron chi connectivity index (χ0n) is 9.24. The van der Waals surface area contributed by atoms with Crippen LogP contribution in [0.2, 0.25) is 0 Å². The molecular weight excluding hydrogens is 184 g/mol. The van der Waals surface area contributed by atoms with E-state index in [4.69, 9.17) is 5.73 Å². The lowest BCUT2D eigenvalue weighted by atomic mass is 9.99. The minimum absolute atomic E-state index is 0.0329. The number of fused-ring (bicyclic) bond motifs is 1. The Bertz CT molecular complexity index is 374. The molecule has 2 aliphatic rings. The molecule has 0 radical (unpaired) electrons. The Kier molecular flexibility index (Phi) is 1.90. The second-order valence-corrected chi connectivity index (χ2v) is 5.12. The van der Waals surface area contributed by atoms with Crippen LogP contribution in [-0.2, 0) is 5.54 Å². The molecule has 2 nitrogen and oxygen atoms in total. The maximum absolute atomic E-state index is 6.58. The Morgan fingerprint density at radius 3 is 2.60 bits per heavy atom. The van der Waals surface area contributed by atoms with Gasteiger partial charge in [-0.1, -0.05) is 12.8 Å². The molecule has 15 heavy (non-hydrogen) atoms. The number of hydrogen-bond acceptors (Lipinski definition) is 2. The van der Waals surface area contributed by atoms with Gasteiger partial charge in [0.1, 0.15) is 0 Å². The molecule has 2 unspecified atom stereocenters. The van der Waals surface area contributed by atoms with Gasteiger partial charge in [-0.15, -0.1) is 0 Å². The first kappa shape index (κ1) is 9.34. The number of aromatic nitrogens is 1. The van der Waals surface area contributed by atoms with Gasteiger partial charge in [0.2, 0.25) is 0 Å². The molecule has 2 aliphatic carbocycles. The fraction of sp³-hybridized carbons (Fsp3) is 0.615. The van der Waals surface area contributed by atoms with Gasteiger partial charge in [-0.25, -0.2) is 0 Å². The zero-order chi connectivity index (χ0) is 10.5. The molecule has 3 rings (SSSR count). The van der Waals surface area contributed by atoms with Crippen molar-refractivity contribution in [3.05, 3.63) is 29.6 Å². The van der Waals surface area contributed by atoms with Gasteiger partial charge < -0.3 is 5.73 Å². The van der Waals surface area contributed by atoms with Gasteiger partial charge in [-0.2, -0.15) is 0 Å². The van der Waals surface area contributed by atoms with Gasteiger partial charge in [0, 0.05) is 17.9 Å². The van der Waals surface area contributed by atoms with E-state index in [9.17, 15) is 0 Å². The Hall–Kier alpha value is -0.890. The van der Waals surface area contributed by atoms with Gasteiger partial charge in [0.25, 0.3) is 0 Å². The van der Waals surface area contributed by atoms with Crippen LogP contribution in [0.3, 0.4) is 0 Å². The lowest BCUT2D eigenvalue weighted by molar-refractivity contribution is 0.480. The van der Waals surface area contributed by atoms with Crippen LogP contribution in [0.15, 0.2) is 18.5 Å². The molecule has 80 valence electrons. The first-order valence-electron chi connectivity index (χ1n) is 5.94. The minimum Gasteiger partial charge on any atom is -0.321 e. The second-order valence-electron chi connectivity index (χ2n) is 5.12. The van der Waals surface area contributed by atoms with E-state index in [0.29, 0.717) is 0 Å². The van der Waals surface area contributed by atoms with Crippen molar-refractivity contribution in [1.82, 2.24) is 4.98 Å². The molecule has 2 atom stereocenters. The predicted octanol–water partition coefficient (Wildman–Crippen LogP) is 2.36. The maximum atomic E-state index is 6.58. The molecule has 1 aromatic rings. The monoisotopic (exact) mass is 202 g/mol. The van der Waals surface area contributed by atoms with Crippen LogP contribution in [0.4, 0.5) is 0 Å². The standard InChI is InChI=1S/C13H18N2/c1-9-6-7-15-8-12(9)13(14)10-4-2-3-5-11(10)13/h6-8,10-11H,2-5,14H2,1H3. The SMILES string of the molecule is Cc1ccncc1C1(N)C2CCCCC21. The molecule has 0 amide bonds. The van der Waals surface area contributed by atoms with Crippen LogP contribution in [0, 0.1) is 18.8 Å². The second kappa shape index (κ2) is 3.05. The third-order valence-corrected chi connectivity index (χ3v) is 4.39. The Morgan fingerprint density at radius 1 is 1.33 bits per heavy atom. The summed E-state index contributed by atoms with van der Waals surface area (Å²) < 4.78 is 0. The number of nitrogens with zero attached hydrogens (tertiary/aromatic N) is 1. The molecule has 2 fully saturated rings. The van der Waals surface area contributed by atoms with E-state index >= 15 is 0 Å². The quantitative estimate of drug-likeness (QED) is 0.759. The summed E-state index contributed by atoms with van der Waals surface area (Å²) >= 11 is 0. The average Bonchev–Trinajstić information content (AvgIpc) is 2.87. The Labute approximate surface area is 90.9 Å². The smallest absolute Gasteiger partial charge is 0.0491 e. The van der Waals surface area contributed by atoms with Crippen molar-refractivity contribution in [1.29, 1.82) is 0 Å².